The van der Waals surface area contributed by atoms with Crippen LogP contribution in [0.4, 0.5) is 18.9 Å². The predicted octanol–water partition coefficient (Wildman–Crippen LogP) is 2.96. The standard InChI is InChI=1S/C14H16F3N3/c1-20-7-6-13(10(8-18)9-20)19-12-4-2-11(3-5-12)14(15,16)17/h2-5,8H,6-7,9,18H2,1H3. The number of likely N-dealkylation sites (N-methyl/N-ethyl adjacent to an activating group) is 1. The van der Waals surface area contributed by atoms with Gasteiger partial charge in [-0.15, -0.1) is 0 Å². The molecule has 108 valence electrons. The van der Waals surface area contributed by atoms with Crippen molar-refractivity contribution >= 4 is 11.4 Å². The van der Waals surface area contributed by atoms with Gasteiger partial charge in [0, 0.05) is 37.0 Å². The van der Waals surface area contributed by atoms with Crippen molar-refractivity contribution in [2.45, 2.75) is 12.6 Å². The molecule has 0 aliphatic carbocycles. The van der Waals surface area contributed by atoms with Crippen LogP contribution >= 0.6 is 0 Å². The molecule has 1 heterocycles. The van der Waals surface area contributed by atoms with Crippen LogP contribution in [0.1, 0.15) is 12.0 Å². The summed E-state index contributed by atoms with van der Waals surface area (Å²) in [7, 11) is 1.98. The zero-order valence-corrected chi connectivity index (χ0v) is 11.1. The van der Waals surface area contributed by atoms with Crippen LogP contribution in [0.5, 0.6) is 0 Å². The number of hydrogen-bond acceptors (Lipinski definition) is 3. The van der Waals surface area contributed by atoms with Gasteiger partial charge in [-0.05, 0) is 31.3 Å². The van der Waals surface area contributed by atoms with Gasteiger partial charge in [0.1, 0.15) is 0 Å². The highest BCUT2D eigenvalue weighted by Gasteiger charge is 2.30. The first-order valence-corrected chi connectivity index (χ1v) is 6.24. The highest BCUT2D eigenvalue weighted by Crippen LogP contribution is 2.30. The van der Waals surface area contributed by atoms with E-state index >= 15 is 0 Å². The molecule has 6 heteroatoms. The molecule has 0 aromatic heterocycles. The molecule has 0 amide bonds. The van der Waals surface area contributed by atoms with Crippen LogP contribution in [0.25, 0.3) is 0 Å². The van der Waals surface area contributed by atoms with Crippen LogP contribution in [0, 0.1) is 0 Å². The second kappa shape index (κ2) is 5.66. The van der Waals surface area contributed by atoms with Gasteiger partial charge in [-0.3, -0.25) is 4.99 Å². The third kappa shape index (κ3) is 3.39. The van der Waals surface area contributed by atoms with E-state index in [1.54, 1.807) is 0 Å². The van der Waals surface area contributed by atoms with Crippen molar-refractivity contribution < 1.29 is 13.2 Å². The highest BCUT2D eigenvalue weighted by molar-refractivity contribution is 6.02. The summed E-state index contributed by atoms with van der Waals surface area (Å²) in [6.45, 7) is 1.56. The fourth-order valence-corrected chi connectivity index (χ4v) is 2.08. The lowest BCUT2D eigenvalue weighted by molar-refractivity contribution is -0.137. The lowest BCUT2D eigenvalue weighted by atomic mass is 10.0. The number of alkyl halides is 3. The van der Waals surface area contributed by atoms with Gasteiger partial charge in [0.05, 0.1) is 11.3 Å². The minimum atomic E-state index is -4.32. The lowest BCUT2D eigenvalue weighted by Gasteiger charge is -2.25. The molecule has 0 unspecified atom stereocenters. The van der Waals surface area contributed by atoms with Crippen molar-refractivity contribution in [2.24, 2.45) is 10.7 Å². The molecular formula is C14H16F3N3. The monoisotopic (exact) mass is 283 g/mol. The molecule has 2 N–H and O–H groups in total. The molecule has 0 bridgehead atoms. The molecule has 3 nitrogen and oxygen atoms in total. The first-order valence-electron chi connectivity index (χ1n) is 6.24. The summed E-state index contributed by atoms with van der Waals surface area (Å²) in [5, 5.41) is 0. The van der Waals surface area contributed by atoms with Crippen LogP contribution in [-0.4, -0.2) is 30.7 Å². The molecule has 0 radical (unpaired) electrons. The number of aliphatic imine (C=N–C) groups is 1. The molecule has 20 heavy (non-hydrogen) atoms. The van der Waals surface area contributed by atoms with Crippen LogP contribution in [0.2, 0.25) is 0 Å². The van der Waals surface area contributed by atoms with E-state index in [2.05, 4.69) is 9.89 Å². The first kappa shape index (κ1) is 14.6. The third-order valence-electron chi connectivity index (χ3n) is 3.20. The minimum absolute atomic E-state index is 0.511. The van der Waals surface area contributed by atoms with E-state index in [0.717, 1.165) is 36.4 Å². The van der Waals surface area contributed by atoms with Gasteiger partial charge in [0.25, 0.3) is 0 Å². The Kier molecular flexibility index (Phi) is 4.13. The molecule has 0 saturated carbocycles. The van der Waals surface area contributed by atoms with Gasteiger partial charge in [-0.2, -0.15) is 13.2 Å². The lowest BCUT2D eigenvalue weighted by Crippen LogP contribution is -2.33. The van der Waals surface area contributed by atoms with Gasteiger partial charge in [-0.1, -0.05) is 0 Å². The number of nitrogens with two attached hydrogens (primary N) is 1. The largest absolute Gasteiger partial charge is 0.416 e. The van der Waals surface area contributed by atoms with Crippen molar-refractivity contribution in [3.05, 3.63) is 41.6 Å². The minimum Gasteiger partial charge on any atom is -0.404 e. The predicted molar refractivity (Wildman–Crippen MR) is 72.9 cm³/mol. The zero-order valence-electron chi connectivity index (χ0n) is 11.1. The average Bonchev–Trinajstić information content (AvgIpc) is 2.40. The quantitative estimate of drug-likeness (QED) is 0.861. The Morgan fingerprint density at radius 1 is 1.25 bits per heavy atom. The van der Waals surface area contributed by atoms with E-state index in [1.165, 1.54) is 18.3 Å². The molecule has 1 aliphatic heterocycles. The normalized spacial score (nSPS) is 21.6. The topological polar surface area (TPSA) is 41.6 Å². The molecular weight excluding hydrogens is 267 g/mol. The van der Waals surface area contributed by atoms with E-state index < -0.39 is 11.7 Å². The van der Waals surface area contributed by atoms with E-state index in [1.807, 2.05) is 7.05 Å². The maximum atomic E-state index is 12.5. The van der Waals surface area contributed by atoms with Crippen LogP contribution < -0.4 is 5.73 Å². The second-order valence-corrected chi connectivity index (χ2v) is 4.78. The molecule has 0 spiro atoms. The summed E-state index contributed by atoms with van der Waals surface area (Å²) >= 11 is 0. The Morgan fingerprint density at radius 3 is 2.45 bits per heavy atom. The number of halogens is 3. The van der Waals surface area contributed by atoms with E-state index in [-0.39, 0.29) is 0 Å². The maximum absolute atomic E-state index is 12.5. The molecule has 1 saturated heterocycles. The van der Waals surface area contributed by atoms with Gasteiger partial charge in [0.2, 0.25) is 0 Å². The van der Waals surface area contributed by atoms with Gasteiger partial charge in [-0.25, -0.2) is 0 Å². The van der Waals surface area contributed by atoms with Crippen molar-refractivity contribution in [1.82, 2.24) is 4.90 Å². The van der Waals surface area contributed by atoms with Gasteiger partial charge in [0.15, 0.2) is 0 Å². The summed E-state index contributed by atoms with van der Waals surface area (Å²) in [5.74, 6) is 0. The van der Waals surface area contributed by atoms with E-state index in [9.17, 15) is 13.2 Å². The SMILES string of the molecule is CN1CCC(=Nc2ccc(C(F)(F)F)cc2)C(=CN)C1. The summed E-state index contributed by atoms with van der Waals surface area (Å²) in [5.41, 5.74) is 7.17. The van der Waals surface area contributed by atoms with Crippen LogP contribution in [-0.2, 0) is 6.18 Å². The number of likely N-dealkylation sites (tertiary alicyclic amines) is 1. The van der Waals surface area contributed by atoms with Gasteiger partial charge < -0.3 is 10.6 Å². The molecule has 1 aromatic rings. The summed E-state index contributed by atoms with van der Waals surface area (Å²) in [6, 6.07) is 4.84. The second-order valence-electron chi connectivity index (χ2n) is 4.78. The van der Waals surface area contributed by atoms with E-state index in [0.29, 0.717) is 12.2 Å². The Balaban J connectivity index is 2.22. The molecule has 1 aromatic carbocycles. The number of piperidine rings is 1. The Labute approximate surface area is 115 Å². The Hall–Kier alpha value is -1.82. The molecule has 0 atom stereocenters. The summed E-state index contributed by atoms with van der Waals surface area (Å²) in [6.07, 6.45) is -2.07. The summed E-state index contributed by atoms with van der Waals surface area (Å²) in [4.78, 5) is 6.52. The number of hydrogen-bond donors (Lipinski definition) is 1. The Morgan fingerprint density at radius 2 is 1.90 bits per heavy atom. The number of nitrogens with zero attached hydrogens (tertiary/aromatic N) is 2. The van der Waals surface area contributed by atoms with Gasteiger partial charge >= 0.3 is 6.18 Å². The van der Waals surface area contributed by atoms with Crippen molar-refractivity contribution in [3.8, 4) is 0 Å². The van der Waals surface area contributed by atoms with Crippen LogP contribution in [0.15, 0.2) is 41.0 Å². The molecule has 2 rings (SSSR count). The van der Waals surface area contributed by atoms with Crippen molar-refractivity contribution in [3.63, 3.8) is 0 Å². The molecule has 1 aliphatic rings. The fourth-order valence-electron chi connectivity index (χ4n) is 2.08. The Bertz CT molecular complexity index is 530. The number of rotatable bonds is 1. The third-order valence-corrected chi connectivity index (χ3v) is 3.20. The number of benzene rings is 1. The first-order chi connectivity index (χ1) is 9.40. The van der Waals surface area contributed by atoms with Crippen molar-refractivity contribution in [1.29, 1.82) is 0 Å². The summed E-state index contributed by atoms with van der Waals surface area (Å²) < 4.78 is 37.4. The van der Waals surface area contributed by atoms with Crippen molar-refractivity contribution in [2.75, 3.05) is 20.1 Å². The van der Waals surface area contributed by atoms with E-state index in [4.69, 9.17) is 5.73 Å². The average molecular weight is 283 g/mol. The molecule has 1 fully saturated rings. The van der Waals surface area contributed by atoms with Crippen LogP contribution in [0.3, 0.4) is 0 Å². The smallest absolute Gasteiger partial charge is 0.404 e. The highest BCUT2D eigenvalue weighted by atomic mass is 19.4. The maximum Gasteiger partial charge on any atom is 0.416 e. The zero-order chi connectivity index (χ0) is 14.8. The fraction of sp³-hybridized carbons (Fsp3) is 0.357.